The second-order valence-electron chi connectivity index (χ2n) is 36.9. The zero-order valence-corrected chi connectivity index (χ0v) is 75.8. The highest BCUT2D eigenvalue weighted by Gasteiger charge is 2.30. The standard InChI is InChI=1S/C15H24N2.2C15H23N.C14H21NO.C13H23N3.2C12H21N3/c1-11(2)13-6-7-14-15(10-13)17(12(3)4)9-8-16(14)5;1-11(2)14-8-7-13-6-5-9-16(12(3)4)15(13)10-14;1-11(2)14-7-5-6-13-8-9-16(12(3)4)10-15(13)14;1-10(2)12-5-6-14-13(9-12)15(11(3)4)7-8-16-14;1-9(2)13-12-8-15(10(3)4)6-7-16(12)11(5)14-13;2*1-9(2)12-11-7-14(10(3)4)5-6-15(11)8-13-12/h6-7,10-12H,8-9H2,1-5H3;7-8,10-12H,5-6,9H2,1-4H3;5-7,11-12H,8-10H2,1-4H3;5-6,9-11H,7-8H2,1-4H3;9-10H,6-8H2,1-5H3;2*8-10H,5-7H2,1-4H3. The van der Waals surface area contributed by atoms with Crippen molar-refractivity contribution in [2.75, 3.05) is 85.6 Å². The maximum atomic E-state index is 5.70. The van der Waals surface area contributed by atoms with Crippen molar-refractivity contribution in [1.82, 2.24) is 48.3 Å². The summed E-state index contributed by atoms with van der Waals surface area (Å²) in [6.45, 7) is 82.9. The van der Waals surface area contributed by atoms with E-state index >= 15 is 0 Å². The Morgan fingerprint density at radius 2 is 0.811 bits per heavy atom. The van der Waals surface area contributed by atoms with E-state index in [1.54, 1.807) is 16.7 Å². The van der Waals surface area contributed by atoms with Crippen LogP contribution in [0.3, 0.4) is 0 Å². The lowest BCUT2D eigenvalue weighted by molar-refractivity contribution is 0.175. The largest absolute Gasteiger partial charge is 0.490 e. The number of aromatic nitrogens is 6. The number of nitrogens with zero attached hydrogens (tertiary/aromatic N) is 14. The summed E-state index contributed by atoms with van der Waals surface area (Å²) in [5.41, 5.74) is 24.2. The fourth-order valence-corrected chi connectivity index (χ4v) is 16.7. The van der Waals surface area contributed by atoms with E-state index < -0.39 is 0 Å². The van der Waals surface area contributed by atoms with Crippen LogP contribution in [0, 0.1) is 6.92 Å². The average molecular weight is 1520 g/mol. The van der Waals surface area contributed by atoms with Crippen LogP contribution in [0.2, 0.25) is 0 Å². The molecule has 7 aromatic rings. The first-order chi connectivity index (χ1) is 52.5. The highest BCUT2D eigenvalue weighted by Crippen LogP contribution is 2.39. The Kier molecular flexibility index (Phi) is 33.3. The van der Waals surface area contributed by atoms with Crippen molar-refractivity contribution in [3.05, 3.63) is 164 Å². The second kappa shape index (κ2) is 41.1. The molecule has 0 amide bonds. The highest BCUT2D eigenvalue weighted by atomic mass is 16.5. The summed E-state index contributed by atoms with van der Waals surface area (Å²) < 4.78 is 12.7. The van der Waals surface area contributed by atoms with Crippen LogP contribution in [-0.2, 0) is 58.7 Å². The normalized spacial score (nSPS) is 16.5. The van der Waals surface area contributed by atoms with Gasteiger partial charge in [-0.1, -0.05) is 139 Å². The van der Waals surface area contributed by atoms with Crippen molar-refractivity contribution in [1.29, 1.82) is 0 Å². The number of fused-ring (bicyclic) bond motifs is 7. The molecule has 3 aromatic heterocycles. The lowest BCUT2D eigenvalue weighted by Crippen LogP contribution is -2.42. The van der Waals surface area contributed by atoms with Gasteiger partial charge in [0.2, 0.25) is 0 Å². The number of anilines is 4. The van der Waals surface area contributed by atoms with Crippen LogP contribution in [0.4, 0.5) is 22.7 Å². The van der Waals surface area contributed by atoms with Crippen LogP contribution in [0.25, 0.3) is 0 Å². The summed E-state index contributed by atoms with van der Waals surface area (Å²) in [5, 5.41) is 0. The third-order valence-corrected chi connectivity index (χ3v) is 24.1. The maximum absolute atomic E-state index is 5.70. The SMILES string of the molecule is CC(C)c1ccc2c(c1)N(C(C)C)CCC2.CC(C)c1ccc2c(c1)N(C(C)C)CCN2C.CC(C)c1ccc2c(c1)N(C(C)C)CCO2.CC(C)c1cccc2c1CN(C(C)C)CC2.CC(C)c1ncn2c1CN(C(C)C)CC2.CC(C)c1ncn2c1CN(C(C)C)CC2.Cc1nc(C(C)C)c2n1CCN(C(C)C)C2. The molecule has 15 heteroatoms. The average Bonchev–Trinajstić information content (AvgIpc) is 1.01. The molecule has 4 aromatic carbocycles. The highest BCUT2D eigenvalue weighted by molar-refractivity contribution is 5.74. The lowest BCUT2D eigenvalue weighted by Gasteiger charge is -2.40. The van der Waals surface area contributed by atoms with Gasteiger partial charge in [0.25, 0.3) is 0 Å². The van der Waals surface area contributed by atoms with Crippen molar-refractivity contribution >= 4 is 22.7 Å². The Morgan fingerprint density at radius 3 is 1.31 bits per heavy atom. The maximum Gasteiger partial charge on any atom is 0.142 e. The van der Waals surface area contributed by atoms with Crippen LogP contribution in [0.5, 0.6) is 5.75 Å². The Hall–Kier alpha value is -6.65. The molecule has 0 N–H and O–H groups in total. The summed E-state index contributed by atoms with van der Waals surface area (Å²) >= 11 is 0. The minimum atomic E-state index is 0.530. The summed E-state index contributed by atoms with van der Waals surface area (Å²) in [6, 6.07) is 31.6. The quantitative estimate of drug-likeness (QED) is 0.104. The van der Waals surface area contributed by atoms with E-state index in [0.717, 1.165) is 97.4 Å². The van der Waals surface area contributed by atoms with Gasteiger partial charge in [0.1, 0.15) is 18.2 Å². The number of benzene rings is 4. The monoisotopic (exact) mass is 1520 g/mol. The van der Waals surface area contributed by atoms with Crippen LogP contribution in [0.1, 0.15) is 321 Å². The van der Waals surface area contributed by atoms with Gasteiger partial charge in [-0.3, -0.25) is 19.6 Å². The number of rotatable bonds is 14. The summed E-state index contributed by atoms with van der Waals surface area (Å²) in [6.07, 6.45) is 7.77. The third-order valence-electron chi connectivity index (χ3n) is 24.1. The first-order valence-corrected chi connectivity index (χ1v) is 43.7. The number of hydrogen-bond donors (Lipinski definition) is 0. The van der Waals surface area contributed by atoms with E-state index in [0.29, 0.717) is 83.7 Å². The minimum absolute atomic E-state index is 0.530. The molecule has 0 fully saturated rings. The van der Waals surface area contributed by atoms with E-state index in [9.17, 15) is 0 Å². The van der Waals surface area contributed by atoms with Gasteiger partial charge in [0.05, 0.1) is 70.4 Å². The van der Waals surface area contributed by atoms with Crippen molar-refractivity contribution in [3.63, 3.8) is 0 Å². The lowest BCUT2D eigenvalue weighted by atomic mass is 9.89. The Bertz CT molecular complexity index is 3840. The first-order valence-electron chi connectivity index (χ1n) is 43.7. The first kappa shape index (κ1) is 89.9. The molecule has 0 spiro atoms. The summed E-state index contributed by atoms with van der Waals surface area (Å²) in [7, 11) is 2.19. The Morgan fingerprint density at radius 1 is 0.351 bits per heavy atom. The Balaban J connectivity index is 0.000000163. The van der Waals surface area contributed by atoms with Crippen LogP contribution in [0.15, 0.2) is 85.5 Å². The molecule has 0 saturated carbocycles. The van der Waals surface area contributed by atoms with Crippen LogP contribution < -0.4 is 24.3 Å². The van der Waals surface area contributed by atoms with Gasteiger partial charge in [0, 0.05) is 147 Å². The zero-order chi connectivity index (χ0) is 81.6. The molecule has 14 rings (SSSR count). The van der Waals surface area contributed by atoms with Gasteiger partial charge in [0.15, 0.2) is 0 Å². The molecule has 0 unspecified atom stereocenters. The molecular formula is C96H156N14O. The molecule has 0 radical (unpaired) electrons. The van der Waals surface area contributed by atoms with Gasteiger partial charge in [-0.2, -0.15) is 0 Å². The molecule has 7 aliphatic heterocycles. The molecule has 0 atom stereocenters. The van der Waals surface area contributed by atoms with Crippen molar-refractivity contribution in [3.8, 4) is 5.75 Å². The summed E-state index contributed by atoms with van der Waals surface area (Å²) in [4.78, 5) is 33.8. The molecule has 15 nitrogen and oxygen atoms in total. The predicted octanol–water partition coefficient (Wildman–Crippen LogP) is 21.4. The van der Waals surface area contributed by atoms with Gasteiger partial charge in [-0.15, -0.1) is 0 Å². The van der Waals surface area contributed by atoms with E-state index in [1.165, 1.54) is 117 Å². The molecule has 7 aliphatic rings. The number of ether oxygens (including phenoxy) is 1. The minimum Gasteiger partial charge on any atom is -0.490 e. The molecule has 111 heavy (non-hydrogen) atoms. The van der Waals surface area contributed by atoms with E-state index in [1.807, 2.05) is 12.7 Å². The topological polar surface area (TPSA) is 88.6 Å². The van der Waals surface area contributed by atoms with Crippen molar-refractivity contribution < 1.29 is 4.74 Å². The van der Waals surface area contributed by atoms with Crippen molar-refractivity contribution in [2.45, 2.75) is 350 Å². The predicted molar refractivity (Wildman–Crippen MR) is 476 cm³/mol. The zero-order valence-electron chi connectivity index (χ0n) is 75.8. The fraction of sp³-hybridized carbons (Fsp3) is 0.656. The molecule has 10 heterocycles. The van der Waals surface area contributed by atoms with Gasteiger partial charge in [-0.25, -0.2) is 15.0 Å². The van der Waals surface area contributed by atoms with Gasteiger partial charge >= 0.3 is 0 Å². The molecule has 616 valence electrons. The van der Waals surface area contributed by atoms with Crippen LogP contribution in [-0.4, -0.2) is 157 Å². The van der Waals surface area contributed by atoms with Crippen molar-refractivity contribution in [2.24, 2.45) is 0 Å². The number of aryl methyl sites for hydroxylation is 2. The number of hydrogen-bond acceptors (Lipinski definition) is 12. The molecule has 0 saturated heterocycles. The van der Waals surface area contributed by atoms with E-state index in [2.05, 4.69) is 344 Å². The van der Waals surface area contributed by atoms with Gasteiger partial charge < -0.3 is 38.0 Å². The van der Waals surface area contributed by atoms with E-state index in [4.69, 9.17) is 9.72 Å². The molecule has 0 aliphatic carbocycles. The Labute approximate surface area is 677 Å². The third kappa shape index (κ3) is 23.3. The smallest absolute Gasteiger partial charge is 0.142 e. The van der Waals surface area contributed by atoms with Crippen LogP contribution >= 0.6 is 0 Å². The number of likely N-dealkylation sites (N-methyl/N-ethyl adjacent to an activating group) is 1. The molecular weight excluding hydrogens is 1370 g/mol. The second-order valence-corrected chi connectivity index (χ2v) is 36.9. The molecule has 0 bridgehead atoms. The fourth-order valence-electron chi connectivity index (χ4n) is 16.7. The number of imidazole rings is 3. The van der Waals surface area contributed by atoms with Gasteiger partial charge in [-0.05, 0) is 234 Å². The van der Waals surface area contributed by atoms with E-state index in [-0.39, 0.29) is 0 Å². The summed E-state index contributed by atoms with van der Waals surface area (Å²) in [5.74, 6) is 6.25.